The molecule has 1 fully saturated rings. The number of hydrogen-bond acceptors (Lipinski definition) is 9. The zero-order chi connectivity index (χ0) is 20.5. The molecule has 10 nitrogen and oxygen atoms in total. The van der Waals surface area contributed by atoms with Gasteiger partial charge in [-0.25, -0.2) is 15.0 Å². The normalized spacial score (nSPS) is 25.0. The lowest BCUT2D eigenvalue weighted by molar-refractivity contribution is -0.0511. The number of hydrogen-bond donors (Lipinski definition) is 5. The zero-order valence-electron chi connectivity index (χ0n) is 15.1. The summed E-state index contributed by atoms with van der Waals surface area (Å²) < 4.78 is 6.92. The van der Waals surface area contributed by atoms with E-state index < -0.39 is 37.3 Å². The maximum atomic E-state index is 10.3. The Kier molecular flexibility index (Phi) is 5.14. The number of aliphatic hydroxyl groups excluding tert-OH is 4. The molecule has 29 heavy (non-hydrogen) atoms. The minimum absolute atomic E-state index is 0.0541. The first kappa shape index (κ1) is 19.3. The Labute approximate surface area is 165 Å². The van der Waals surface area contributed by atoms with Gasteiger partial charge in [0.05, 0.1) is 12.9 Å². The van der Waals surface area contributed by atoms with E-state index in [9.17, 15) is 20.4 Å². The van der Waals surface area contributed by atoms with Crippen LogP contribution in [0.15, 0.2) is 36.7 Å². The zero-order valence-corrected chi connectivity index (χ0v) is 15.1. The van der Waals surface area contributed by atoms with Gasteiger partial charge in [0, 0.05) is 0 Å². The number of fused-ring (bicyclic) bond motifs is 1. The molecule has 5 atom stereocenters. The molecule has 2 aromatic heterocycles. The predicted octanol–water partition coefficient (Wildman–Crippen LogP) is -0.895. The van der Waals surface area contributed by atoms with E-state index in [-0.39, 0.29) is 22.8 Å². The first-order valence-corrected chi connectivity index (χ1v) is 8.86. The summed E-state index contributed by atoms with van der Waals surface area (Å²) in [4.78, 5) is 12.5. The van der Waals surface area contributed by atoms with Gasteiger partial charge in [-0.1, -0.05) is 36.3 Å². The van der Waals surface area contributed by atoms with Gasteiger partial charge in [-0.15, -0.1) is 0 Å². The smallest absolute Gasteiger partial charge is 0.209 e. The van der Waals surface area contributed by atoms with Crippen LogP contribution in [0.4, 0.5) is 5.82 Å². The predicted molar refractivity (Wildman–Crippen MR) is 101 cm³/mol. The third kappa shape index (κ3) is 3.53. The maximum Gasteiger partial charge on any atom is 0.209 e. The lowest BCUT2D eigenvalue weighted by Crippen LogP contribution is -2.33. The van der Waals surface area contributed by atoms with Crippen LogP contribution in [0.25, 0.3) is 11.2 Å². The number of nitrogens with two attached hydrogens (primary N) is 1. The van der Waals surface area contributed by atoms with E-state index >= 15 is 0 Å². The van der Waals surface area contributed by atoms with Crippen molar-refractivity contribution in [2.24, 2.45) is 0 Å². The van der Waals surface area contributed by atoms with E-state index in [0.717, 1.165) is 0 Å². The molecule has 10 heteroatoms. The molecule has 1 aliphatic heterocycles. The van der Waals surface area contributed by atoms with Crippen LogP contribution < -0.4 is 5.73 Å². The maximum absolute atomic E-state index is 10.3. The van der Waals surface area contributed by atoms with Crippen molar-refractivity contribution in [3.05, 3.63) is 48.0 Å². The molecule has 0 bridgehead atoms. The Bertz CT molecular complexity index is 1080. The highest BCUT2D eigenvalue weighted by atomic mass is 16.6. The van der Waals surface area contributed by atoms with Crippen molar-refractivity contribution in [2.75, 3.05) is 12.3 Å². The minimum Gasteiger partial charge on any atom is -0.394 e. The van der Waals surface area contributed by atoms with E-state index in [4.69, 9.17) is 10.5 Å². The summed E-state index contributed by atoms with van der Waals surface area (Å²) in [6, 6.07) is 8.91. The number of imidazole rings is 1. The Morgan fingerprint density at radius 1 is 1.17 bits per heavy atom. The van der Waals surface area contributed by atoms with Crippen LogP contribution in [0.5, 0.6) is 0 Å². The quantitative estimate of drug-likeness (QED) is 0.353. The van der Waals surface area contributed by atoms with Crippen LogP contribution >= 0.6 is 0 Å². The monoisotopic (exact) mass is 397 g/mol. The Morgan fingerprint density at radius 3 is 2.62 bits per heavy atom. The van der Waals surface area contributed by atoms with Gasteiger partial charge in [-0.3, -0.25) is 4.57 Å². The second kappa shape index (κ2) is 7.75. The molecule has 0 amide bonds. The second-order valence-corrected chi connectivity index (χ2v) is 6.57. The van der Waals surface area contributed by atoms with E-state index in [1.165, 1.54) is 10.9 Å². The van der Waals surface area contributed by atoms with Crippen molar-refractivity contribution in [3.8, 4) is 11.8 Å². The summed E-state index contributed by atoms with van der Waals surface area (Å²) in [5.41, 5.74) is 7.10. The molecule has 1 saturated heterocycles. The standard InChI is InChI=1S/C19H19N5O5/c20-17-14-18(24(9-21-14)19-16(28)15(27)12(8-25)29-19)23-13(22-17)7-6-11(26)10-4-2-1-3-5-10/h1-5,9,11-12,15-16,19,25-28H,8H2,(H2,20,22,23)/t11-,12+,15+,16+,19+/m0/s1. The molecule has 1 aliphatic rings. The molecule has 0 saturated carbocycles. The van der Waals surface area contributed by atoms with Gasteiger partial charge in [-0.05, 0) is 11.5 Å². The van der Waals surface area contributed by atoms with Crippen molar-refractivity contribution < 1.29 is 25.2 Å². The Hall–Kier alpha value is -3.07. The molecule has 0 spiro atoms. The minimum atomic E-state index is -1.30. The number of aliphatic hydroxyl groups is 4. The number of nitrogens with zero attached hydrogens (tertiary/aromatic N) is 4. The lowest BCUT2D eigenvalue weighted by Gasteiger charge is -2.16. The molecule has 150 valence electrons. The van der Waals surface area contributed by atoms with Gasteiger partial charge in [0.2, 0.25) is 5.82 Å². The van der Waals surface area contributed by atoms with Gasteiger partial charge in [0.15, 0.2) is 17.7 Å². The molecule has 0 unspecified atom stereocenters. The van der Waals surface area contributed by atoms with Crippen LogP contribution in [0.2, 0.25) is 0 Å². The molecule has 3 aromatic rings. The van der Waals surface area contributed by atoms with Crippen LogP contribution in [-0.2, 0) is 4.74 Å². The summed E-state index contributed by atoms with van der Waals surface area (Å²) in [6.45, 7) is -0.452. The highest BCUT2D eigenvalue weighted by Crippen LogP contribution is 2.31. The molecule has 3 heterocycles. The Balaban J connectivity index is 1.69. The second-order valence-electron chi connectivity index (χ2n) is 6.57. The van der Waals surface area contributed by atoms with Gasteiger partial charge in [-0.2, -0.15) is 0 Å². The first-order chi connectivity index (χ1) is 14.0. The third-order valence-corrected chi connectivity index (χ3v) is 4.68. The van der Waals surface area contributed by atoms with Crippen LogP contribution in [-0.4, -0.2) is 64.9 Å². The summed E-state index contributed by atoms with van der Waals surface area (Å²) in [5, 5.41) is 39.7. The molecule has 0 radical (unpaired) electrons. The van der Waals surface area contributed by atoms with Crippen LogP contribution in [0.3, 0.4) is 0 Å². The van der Waals surface area contributed by atoms with E-state index in [2.05, 4.69) is 26.8 Å². The number of benzene rings is 1. The van der Waals surface area contributed by atoms with E-state index in [1.807, 2.05) is 6.07 Å². The van der Waals surface area contributed by atoms with E-state index in [0.29, 0.717) is 5.56 Å². The Morgan fingerprint density at radius 2 is 1.93 bits per heavy atom. The van der Waals surface area contributed by atoms with Crippen molar-refractivity contribution in [3.63, 3.8) is 0 Å². The highest BCUT2D eigenvalue weighted by Gasteiger charge is 2.44. The van der Waals surface area contributed by atoms with Gasteiger partial charge in [0.25, 0.3) is 0 Å². The molecular weight excluding hydrogens is 378 g/mol. The van der Waals surface area contributed by atoms with Crippen LogP contribution in [0.1, 0.15) is 23.7 Å². The summed E-state index contributed by atoms with van der Waals surface area (Å²) in [7, 11) is 0. The summed E-state index contributed by atoms with van der Waals surface area (Å²) in [5.74, 6) is 5.47. The number of anilines is 1. The molecule has 6 N–H and O–H groups in total. The van der Waals surface area contributed by atoms with Gasteiger partial charge in [0.1, 0.15) is 29.9 Å². The topological polar surface area (TPSA) is 160 Å². The third-order valence-electron chi connectivity index (χ3n) is 4.68. The average molecular weight is 397 g/mol. The number of rotatable bonds is 3. The number of nitrogen functional groups attached to an aromatic ring is 1. The molecular formula is C19H19N5O5. The number of ether oxygens (including phenoxy) is 1. The van der Waals surface area contributed by atoms with E-state index in [1.54, 1.807) is 24.3 Å². The first-order valence-electron chi connectivity index (χ1n) is 8.86. The summed E-state index contributed by atoms with van der Waals surface area (Å²) in [6.07, 6.45) is -4.19. The lowest BCUT2D eigenvalue weighted by atomic mass is 10.1. The fourth-order valence-corrected chi connectivity index (χ4v) is 3.14. The SMILES string of the molecule is Nc1nc(C#C[C@H](O)c2ccccc2)nc2c1ncn2[C@@H]1O[C@H](CO)[C@@H](O)[C@H]1O. The average Bonchev–Trinajstić information content (AvgIpc) is 3.28. The summed E-state index contributed by atoms with van der Waals surface area (Å²) >= 11 is 0. The van der Waals surface area contributed by atoms with Crippen molar-refractivity contribution in [1.82, 2.24) is 19.5 Å². The van der Waals surface area contributed by atoms with Crippen molar-refractivity contribution in [1.29, 1.82) is 0 Å². The van der Waals surface area contributed by atoms with Gasteiger partial charge >= 0.3 is 0 Å². The van der Waals surface area contributed by atoms with Crippen molar-refractivity contribution in [2.45, 2.75) is 30.6 Å². The van der Waals surface area contributed by atoms with Gasteiger partial charge < -0.3 is 30.9 Å². The fraction of sp³-hybridized carbons (Fsp3) is 0.316. The van der Waals surface area contributed by atoms with Crippen molar-refractivity contribution >= 4 is 17.0 Å². The number of aromatic nitrogens is 4. The highest BCUT2D eigenvalue weighted by molar-refractivity contribution is 5.82. The molecule has 0 aliphatic carbocycles. The molecule has 4 rings (SSSR count). The largest absolute Gasteiger partial charge is 0.394 e. The fourth-order valence-electron chi connectivity index (χ4n) is 3.14. The van der Waals surface area contributed by atoms with Crippen LogP contribution in [0, 0.1) is 11.8 Å². The molecule has 1 aromatic carbocycles.